The molecule has 2 aliphatic carbocycles. The molecule has 2 aliphatic rings. The van der Waals surface area contributed by atoms with Crippen molar-refractivity contribution in [2.75, 3.05) is 0 Å². The van der Waals surface area contributed by atoms with Gasteiger partial charge >= 0.3 is 0 Å². The van der Waals surface area contributed by atoms with Crippen LogP contribution in [0, 0.1) is 23.7 Å². The molecule has 0 bridgehead atoms. The first-order valence-electron chi connectivity index (χ1n) is 7.16. The van der Waals surface area contributed by atoms with Gasteiger partial charge in [-0.1, -0.05) is 64.0 Å². The molecule has 17 heavy (non-hydrogen) atoms. The highest BCUT2D eigenvalue weighted by molar-refractivity contribution is 5.38. The smallest absolute Gasteiger partial charge is 0.00166 e. The van der Waals surface area contributed by atoms with Crippen LogP contribution in [0.3, 0.4) is 0 Å². The molecule has 0 heterocycles. The highest BCUT2D eigenvalue weighted by atomic mass is 14.2. The molecule has 0 spiro atoms. The van der Waals surface area contributed by atoms with E-state index in [4.69, 9.17) is 0 Å². The zero-order valence-electron chi connectivity index (χ0n) is 11.7. The summed E-state index contributed by atoms with van der Waals surface area (Å²) in [6.45, 7) is 10.3. The van der Waals surface area contributed by atoms with E-state index in [0.717, 1.165) is 11.5 Å². The van der Waals surface area contributed by atoms with Crippen molar-refractivity contribution in [1.29, 1.82) is 0 Å². The Morgan fingerprint density at radius 3 is 2.47 bits per heavy atom. The van der Waals surface area contributed by atoms with Crippen LogP contribution in [0.15, 0.2) is 23.8 Å². The van der Waals surface area contributed by atoms with Crippen LogP contribution < -0.4 is 0 Å². The Kier molecular flexibility index (Phi) is 6.12. The molecule has 2 rings (SSSR count). The Labute approximate surface area is 107 Å². The third kappa shape index (κ3) is 4.08. The van der Waals surface area contributed by atoms with Crippen LogP contribution in [0.1, 0.15) is 59.3 Å². The van der Waals surface area contributed by atoms with Crippen molar-refractivity contribution in [3.05, 3.63) is 23.8 Å². The van der Waals surface area contributed by atoms with Gasteiger partial charge in [-0.15, -0.1) is 0 Å². The normalized spacial score (nSPS) is 24.8. The lowest BCUT2D eigenvalue weighted by Gasteiger charge is -2.25. The van der Waals surface area contributed by atoms with E-state index in [1.807, 2.05) is 13.8 Å². The molecule has 0 radical (unpaired) electrons. The lowest BCUT2D eigenvalue weighted by molar-refractivity contribution is 0.389. The molecule has 0 aromatic carbocycles. The second-order valence-corrected chi connectivity index (χ2v) is 4.95. The van der Waals surface area contributed by atoms with Crippen LogP contribution >= 0.6 is 0 Å². The van der Waals surface area contributed by atoms with Gasteiger partial charge < -0.3 is 0 Å². The zero-order chi connectivity index (χ0) is 12.7. The van der Waals surface area contributed by atoms with E-state index in [-0.39, 0.29) is 0 Å². The molecular formula is C17H26. The molecule has 0 saturated heterocycles. The molecule has 1 unspecified atom stereocenters. The van der Waals surface area contributed by atoms with Crippen LogP contribution in [0.4, 0.5) is 0 Å². The third-order valence-corrected chi connectivity index (χ3v) is 3.76. The Morgan fingerprint density at radius 2 is 1.82 bits per heavy atom. The summed E-state index contributed by atoms with van der Waals surface area (Å²) < 4.78 is 0. The van der Waals surface area contributed by atoms with E-state index in [1.165, 1.54) is 38.5 Å². The predicted octanol–water partition coefficient (Wildman–Crippen LogP) is 5.12. The van der Waals surface area contributed by atoms with E-state index in [2.05, 4.69) is 31.4 Å². The van der Waals surface area contributed by atoms with Crippen molar-refractivity contribution in [3.8, 4) is 11.8 Å². The monoisotopic (exact) mass is 230 g/mol. The second-order valence-electron chi connectivity index (χ2n) is 4.95. The van der Waals surface area contributed by atoms with Gasteiger partial charge in [0.05, 0.1) is 0 Å². The van der Waals surface area contributed by atoms with Gasteiger partial charge in [-0.2, -0.15) is 0 Å². The van der Waals surface area contributed by atoms with Gasteiger partial charge in [0.15, 0.2) is 0 Å². The molecule has 0 N–H and O–H groups in total. The fourth-order valence-electron chi connectivity index (χ4n) is 2.64. The van der Waals surface area contributed by atoms with Crippen molar-refractivity contribution < 1.29 is 0 Å². The summed E-state index contributed by atoms with van der Waals surface area (Å²) in [5, 5.41) is 0. The largest absolute Gasteiger partial charge is 0.0871 e. The summed E-state index contributed by atoms with van der Waals surface area (Å²) in [7, 11) is 0. The average molecular weight is 230 g/mol. The van der Waals surface area contributed by atoms with Crippen LogP contribution in [0.25, 0.3) is 0 Å². The summed E-state index contributed by atoms with van der Waals surface area (Å²) >= 11 is 0. The number of hydrogen-bond acceptors (Lipinski definition) is 0. The molecule has 94 valence electrons. The minimum atomic E-state index is 0.549. The number of hydrogen-bond donors (Lipinski definition) is 0. The molecule has 0 aromatic rings. The Bertz CT molecular complexity index is 329. The fraction of sp³-hybridized carbons (Fsp3) is 0.647. The van der Waals surface area contributed by atoms with Crippen LogP contribution in [-0.2, 0) is 0 Å². The SMILES string of the molecule is C=C1C#CC=C(C2CCCCC2)CC1C.CC. The second kappa shape index (κ2) is 7.38. The summed E-state index contributed by atoms with van der Waals surface area (Å²) in [6.07, 6.45) is 10.3. The molecule has 1 saturated carbocycles. The molecule has 0 amide bonds. The lowest BCUT2D eigenvalue weighted by atomic mass is 9.80. The van der Waals surface area contributed by atoms with Gasteiger partial charge in [0.25, 0.3) is 0 Å². The molecule has 0 heteroatoms. The quantitative estimate of drug-likeness (QED) is 0.548. The van der Waals surface area contributed by atoms with Gasteiger partial charge in [0.2, 0.25) is 0 Å². The summed E-state index contributed by atoms with van der Waals surface area (Å²) in [5.74, 6) is 7.68. The summed E-state index contributed by atoms with van der Waals surface area (Å²) in [5.41, 5.74) is 2.70. The molecule has 0 aromatic heterocycles. The minimum Gasteiger partial charge on any atom is -0.0871 e. The van der Waals surface area contributed by atoms with Crippen LogP contribution in [-0.4, -0.2) is 0 Å². The average Bonchev–Trinajstić information content (AvgIpc) is 2.56. The summed E-state index contributed by atoms with van der Waals surface area (Å²) in [6, 6.07) is 0. The van der Waals surface area contributed by atoms with E-state index >= 15 is 0 Å². The highest BCUT2D eigenvalue weighted by Crippen LogP contribution is 2.34. The first kappa shape index (κ1) is 14.1. The van der Waals surface area contributed by atoms with E-state index < -0.39 is 0 Å². The lowest BCUT2D eigenvalue weighted by Crippen LogP contribution is -2.11. The van der Waals surface area contributed by atoms with Crippen molar-refractivity contribution in [1.82, 2.24) is 0 Å². The Hall–Kier alpha value is -0.960. The van der Waals surface area contributed by atoms with Gasteiger partial charge in [-0.25, -0.2) is 0 Å². The molecule has 0 aliphatic heterocycles. The fourth-order valence-corrected chi connectivity index (χ4v) is 2.64. The maximum absolute atomic E-state index is 4.03. The van der Waals surface area contributed by atoms with Crippen molar-refractivity contribution in [2.45, 2.75) is 59.3 Å². The maximum Gasteiger partial charge on any atom is -0.00166 e. The van der Waals surface area contributed by atoms with Gasteiger partial charge in [-0.3, -0.25) is 0 Å². The van der Waals surface area contributed by atoms with Crippen molar-refractivity contribution in [2.24, 2.45) is 11.8 Å². The standard InChI is InChI=1S/C15H20.C2H6/c1-12-7-6-10-15(11-13(12)2)14-8-4-3-5-9-14;1-2/h10,13-14H,1,3-5,8-9,11H2,2H3;1-2H3. The number of rotatable bonds is 1. The molecule has 1 atom stereocenters. The van der Waals surface area contributed by atoms with Crippen molar-refractivity contribution >= 4 is 0 Å². The van der Waals surface area contributed by atoms with Crippen LogP contribution in [0.2, 0.25) is 0 Å². The molecule has 0 nitrogen and oxygen atoms in total. The molecular weight excluding hydrogens is 204 g/mol. The predicted molar refractivity (Wildman–Crippen MR) is 76.7 cm³/mol. The van der Waals surface area contributed by atoms with Gasteiger partial charge in [0, 0.05) is 0 Å². The summed E-state index contributed by atoms with van der Waals surface area (Å²) in [4.78, 5) is 0. The van der Waals surface area contributed by atoms with E-state index in [9.17, 15) is 0 Å². The van der Waals surface area contributed by atoms with E-state index in [1.54, 1.807) is 5.57 Å². The van der Waals surface area contributed by atoms with E-state index in [0.29, 0.717) is 5.92 Å². The first-order valence-corrected chi connectivity index (χ1v) is 7.16. The molecule has 1 fully saturated rings. The number of allylic oxidation sites excluding steroid dienone is 3. The van der Waals surface area contributed by atoms with Crippen LogP contribution in [0.5, 0.6) is 0 Å². The van der Waals surface area contributed by atoms with Gasteiger partial charge in [0.1, 0.15) is 0 Å². The first-order chi connectivity index (χ1) is 8.27. The highest BCUT2D eigenvalue weighted by Gasteiger charge is 2.20. The maximum atomic E-state index is 4.03. The third-order valence-electron chi connectivity index (χ3n) is 3.76. The van der Waals surface area contributed by atoms with Crippen molar-refractivity contribution in [3.63, 3.8) is 0 Å². The van der Waals surface area contributed by atoms with Gasteiger partial charge in [-0.05, 0) is 42.7 Å². The zero-order valence-corrected chi connectivity index (χ0v) is 11.7. The Balaban J connectivity index is 0.000000686. The Morgan fingerprint density at radius 1 is 1.18 bits per heavy atom. The minimum absolute atomic E-state index is 0.549. The topological polar surface area (TPSA) is 0 Å².